The molecular weight excluding hydrogens is 128 g/mol. The molecule has 10 heavy (non-hydrogen) atoms. The molecule has 0 amide bonds. The number of nitrogens with one attached hydrogen (secondary N) is 2. The normalized spacial score (nSPS) is 10.1. The summed E-state index contributed by atoms with van der Waals surface area (Å²) >= 11 is 0. The summed E-state index contributed by atoms with van der Waals surface area (Å²) in [6, 6.07) is 0. The lowest BCUT2D eigenvalue weighted by molar-refractivity contribution is 0.685. The Labute approximate surface area is 59.8 Å². The molecule has 1 aromatic heterocycles. The summed E-state index contributed by atoms with van der Waals surface area (Å²) in [6.07, 6.45) is 3.53. The van der Waals surface area contributed by atoms with Crippen LogP contribution >= 0.6 is 0 Å². The molecule has 0 aliphatic carbocycles. The minimum atomic E-state index is 0.671. The molecule has 0 bridgehead atoms. The van der Waals surface area contributed by atoms with Crippen LogP contribution in [0.2, 0.25) is 0 Å². The van der Waals surface area contributed by atoms with Gasteiger partial charge in [-0.15, -0.1) is 0 Å². The van der Waals surface area contributed by atoms with Crippen molar-refractivity contribution in [2.45, 2.75) is 6.54 Å². The highest BCUT2D eigenvalue weighted by Crippen LogP contribution is 1.87. The Balaban J connectivity index is 2.15. The topological polar surface area (TPSA) is 66.7 Å². The van der Waals surface area contributed by atoms with Gasteiger partial charge in [0.25, 0.3) is 0 Å². The van der Waals surface area contributed by atoms with Gasteiger partial charge in [-0.05, 0) is 0 Å². The second-order valence-electron chi connectivity index (χ2n) is 2.03. The fraction of sp³-hybridized carbons (Fsp3) is 0.500. The van der Waals surface area contributed by atoms with Crippen LogP contribution in [0.5, 0.6) is 0 Å². The summed E-state index contributed by atoms with van der Waals surface area (Å²) in [7, 11) is 0. The first kappa shape index (κ1) is 7.24. The van der Waals surface area contributed by atoms with Gasteiger partial charge in [-0.25, -0.2) is 4.98 Å². The van der Waals surface area contributed by atoms with Crippen molar-refractivity contribution in [3.05, 3.63) is 18.2 Å². The number of hydrogen-bond donors (Lipinski definition) is 3. The summed E-state index contributed by atoms with van der Waals surface area (Å²) in [4.78, 5) is 6.90. The maximum atomic E-state index is 5.28. The minimum absolute atomic E-state index is 0.671. The Morgan fingerprint density at radius 2 is 2.60 bits per heavy atom. The Kier molecular flexibility index (Phi) is 2.92. The summed E-state index contributed by atoms with van der Waals surface area (Å²) in [5.74, 6) is 0. The third kappa shape index (κ3) is 2.16. The number of aromatic nitrogens is 2. The van der Waals surface area contributed by atoms with E-state index in [4.69, 9.17) is 5.73 Å². The Bertz CT molecular complexity index is 158. The van der Waals surface area contributed by atoms with Crippen molar-refractivity contribution in [1.29, 1.82) is 0 Å². The van der Waals surface area contributed by atoms with Crippen LogP contribution in [0.25, 0.3) is 0 Å². The Morgan fingerprint density at radius 1 is 1.70 bits per heavy atom. The zero-order valence-electron chi connectivity index (χ0n) is 5.80. The largest absolute Gasteiger partial charge is 0.351 e. The first-order chi connectivity index (χ1) is 4.93. The number of nitrogens with zero attached hydrogens (tertiary/aromatic N) is 1. The van der Waals surface area contributed by atoms with E-state index in [-0.39, 0.29) is 0 Å². The predicted molar refractivity (Wildman–Crippen MR) is 39.3 cm³/mol. The quantitative estimate of drug-likeness (QED) is 0.492. The summed E-state index contributed by atoms with van der Waals surface area (Å²) in [5, 5.41) is 3.13. The van der Waals surface area contributed by atoms with Gasteiger partial charge in [0, 0.05) is 25.8 Å². The van der Waals surface area contributed by atoms with Crippen molar-refractivity contribution < 1.29 is 0 Å². The van der Waals surface area contributed by atoms with Crippen LogP contribution in [0.4, 0.5) is 0 Å². The average molecular weight is 140 g/mol. The summed E-state index contributed by atoms with van der Waals surface area (Å²) < 4.78 is 0. The van der Waals surface area contributed by atoms with Gasteiger partial charge < -0.3 is 16.0 Å². The number of rotatable bonds is 4. The molecule has 4 nitrogen and oxygen atoms in total. The summed E-state index contributed by atoms with van der Waals surface area (Å²) in [6.45, 7) is 2.30. The van der Waals surface area contributed by atoms with Gasteiger partial charge in [0.2, 0.25) is 0 Å². The Hall–Kier alpha value is -0.870. The number of imidazole rings is 1. The van der Waals surface area contributed by atoms with Gasteiger partial charge in [-0.1, -0.05) is 0 Å². The monoisotopic (exact) mass is 140 g/mol. The highest BCUT2D eigenvalue weighted by atomic mass is 14.9. The molecule has 56 valence electrons. The van der Waals surface area contributed by atoms with Crippen LogP contribution in [0.3, 0.4) is 0 Å². The average Bonchev–Trinajstić information content (AvgIpc) is 2.41. The van der Waals surface area contributed by atoms with Crippen molar-refractivity contribution in [2.75, 3.05) is 13.1 Å². The van der Waals surface area contributed by atoms with Crippen molar-refractivity contribution in [2.24, 2.45) is 5.73 Å². The highest BCUT2D eigenvalue weighted by molar-refractivity contribution is 4.92. The van der Waals surface area contributed by atoms with Gasteiger partial charge >= 0.3 is 0 Å². The highest BCUT2D eigenvalue weighted by Gasteiger charge is 1.90. The van der Waals surface area contributed by atoms with Crippen molar-refractivity contribution in [3.63, 3.8) is 0 Å². The number of hydrogen-bond acceptors (Lipinski definition) is 3. The summed E-state index contributed by atoms with van der Waals surface area (Å²) in [5.41, 5.74) is 6.30. The van der Waals surface area contributed by atoms with Crippen LogP contribution in [0.15, 0.2) is 12.5 Å². The predicted octanol–water partition coefficient (Wildman–Crippen LogP) is -0.542. The first-order valence-electron chi connectivity index (χ1n) is 3.32. The van der Waals surface area contributed by atoms with E-state index in [0.717, 1.165) is 18.8 Å². The van der Waals surface area contributed by atoms with E-state index in [1.54, 1.807) is 6.33 Å². The molecule has 0 spiro atoms. The van der Waals surface area contributed by atoms with E-state index in [1.165, 1.54) is 0 Å². The molecule has 0 fully saturated rings. The molecular formula is C6H12N4. The molecule has 1 heterocycles. The third-order valence-electron chi connectivity index (χ3n) is 1.18. The van der Waals surface area contributed by atoms with Crippen LogP contribution in [0.1, 0.15) is 5.69 Å². The molecule has 4 N–H and O–H groups in total. The molecule has 4 heteroatoms. The van der Waals surface area contributed by atoms with E-state index >= 15 is 0 Å². The van der Waals surface area contributed by atoms with Crippen molar-refractivity contribution >= 4 is 0 Å². The van der Waals surface area contributed by atoms with Crippen molar-refractivity contribution in [1.82, 2.24) is 15.3 Å². The van der Waals surface area contributed by atoms with E-state index in [1.807, 2.05) is 6.20 Å². The van der Waals surface area contributed by atoms with E-state index in [2.05, 4.69) is 15.3 Å². The molecule has 0 unspecified atom stereocenters. The molecule has 0 saturated heterocycles. The third-order valence-corrected chi connectivity index (χ3v) is 1.18. The maximum absolute atomic E-state index is 5.28. The lowest BCUT2D eigenvalue weighted by Gasteiger charge is -1.97. The number of aromatic amines is 1. The van der Waals surface area contributed by atoms with Gasteiger partial charge in [0.05, 0.1) is 12.0 Å². The standard InChI is InChI=1S/C6H12N4/c7-1-2-8-3-6-4-9-5-10-6/h4-5,8H,1-3,7H2,(H,9,10). The minimum Gasteiger partial charge on any atom is -0.351 e. The molecule has 0 aliphatic rings. The van der Waals surface area contributed by atoms with E-state index in [0.29, 0.717) is 6.54 Å². The van der Waals surface area contributed by atoms with E-state index in [9.17, 15) is 0 Å². The molecule has 1 rings (SSSR count). The molecule has 0 aromatic carbocycles. The molecule has 0 saturated carbocycles. The number of nitrogens with two attached hydrogens (primary N) is 1. The maximum Gasteiger partial charge on any atom is 0.0923 e. The van der Waals surface area contributed by atoms with Crippen LogP contribution < -0.4 is 11.1 Å². The Morgan fingerprint density at radius 3 is 3.20 bits per heavy atom. The lowest BCUT2D eigenvalue weighted by Crippen LogP contribution is -2.21. The van der Waals surface area contributed by atoms with Crippen LogP contribution in [-0.2, 0) is 6.54 Å². The number of H-pyrrole nitrogens is 1. The van der Waals surface area contributed by atoms with E-state index < -0.39 is 0 Å². The van der Waals surface area contributed by atoms with Gasteiger partial charge in [0.1, 0.15) is 0 Å². The van der Waals surface area contributed by atoms with Gasteiger partial charge in [-0.2, -0.15) is 0 Å². The molecule has 0 atom stereocenters. The smallest absolute Gasteiger partial charge is 0.0923 e. The van der Waals surface area contributed by atoms with Crippen LogP contribution in [-0.4, -0.2) is 23.1 Å². The fourth-order valence-corrected chi connectivity index (χ4v) is 0.706. The van der Waals surface area contributed by atoms with Crippen molar-refractivity contribution in [3.8, 4) is 0 Å². The molecule has 0 aliphatic heterocycles. The lowest BCUT2D eigenvalue weighted by atomic mass is 10.4. The zero-order chi connectivity index (χ0) is 7.23. The molecule has 1 aromatic rings. The first-order valence-corrected chi connectivity index (χ1v) is 3.32. The second kappa shape index (κ2) is 4.03. The second-order valence-corrected chi connectivity index (χ2v) is 2.03. The zero-order valence-corrected chi connectivity index (χ0v) is 5.80. The van der Waals surface area contributed by atoms with Crippen LogP contribution in [0, 0.1) is 0 Å². The molecule has 0 radical (unpaired) electrons. The SMILES string of the molecule is NCCNCc1c[nH]cn1. The fourth-order valence-electron chi connectivity index (χ4n) is 0.706. The van der Waals surface area contributed by atoms with Gasteiger partial charge in [0.15, 0.2) is 0 Å². The van der Waals surface area contributed by atoms with Gasteiger partial charge in [-0.3, -0.25) is 0 Å².